The molecule has 0 saturated heterocycles. The quantitative estimate of drug-likeness (QED) is 0.722. The van der Waals surface area contributed by atoms with E-state index in [9.17, 15) is 9.59 Å². The van der Waals surface area contributed by atoms with Gasteiger partial charge in [-0.05, 0) is 37.1 Å². The third-order valence-electron chi connectivity index (χ3n) is 3.85. The van der Waals surface area contributed by atoms with Crippen LogP contribution in [0.15, 0.2) is 34.2 Å². The molecule has 1 amide bonds. The van der Waals surface area contributed by atoms with E-state index in [1.165, 1.54) is 24.6 Å². The first-order valence-electron chi connectivity index (χ1n) is 7.66. The molecule has 6 nitrogen and oxygen atoms in total. The van der Waals surface area contributed by atoms with Crippen LogP contribution in [-0.4, -0.2) is 21.1 Å². The Kier molecular flexibility index (Phi) is 5.11. The zero-order valence-corrected chi connectivity index (χ0v) is 14.4. The predicted octanol–water partition coefficient (Wildman–Crippen LogP) is 3.29. The molecule has 126 valence electrons. The van der Waals surface area contributed by atoms with Gasteiger partial charge in [0, 0.05) is 15.8 Å². The Bertz CT molecular complexity index is 801. The summed E-state index contributed by atoms with van der Waals surface area (Å²) < 4.78 is 0. The molecule has 4 N–H and O–H groups in total. The van der Waals surface area contributed by atoms with Gasteiger partial charge in [0.15, 0.2) is 11.0 Å². The molecule has 1 aromatic carbocycles. The molecule has 1 fully saturated rings. The number of nitrogens with one attached hydrogen (secondary N) is 2. The average Bonchev–Trinajstić information content (AvgIpc) is 3.04. The van der Waals surface area contributed by atoms with Crippen molar-refractivity contribution in [2.75, 3.05) is 11.1 Å². The van der Waals surface area contributed by atoms with Crippen LogP contribution in [0.25, 0.3) is 0 Å². The number of nitrogen functional groups attached to an aromatic ring is 1. The Hall–Kier alpha value is -1.99. The van der Waals surface area contributed by atoms with Gasteiger partial charge in [-0.2, -0.15) is 0 Å². The van der Waals surface area contributed by atoms with Crippen LogP contribution in [0.4, 0.5) is 11.5 Å². The number of hydrogen-bond donors (Lipinski definition) is 3. The highest BCUT2D eigenvalue weighted by Crippen LogP contribution is 2.33. The summed E-state index contributed by atoms with van der Waals surface area (Å²) in [6, 6.07) is 6.34. The molecule has 0 atom stereocenters. The number of H-pyrrole nitrogens is 1. The summed E-state index contributed by atoms with van der Waals surface area (Å²) in [5, 5.41) is 3.99. The first kappa shape index (κ1) is 16.9. The lowest BCUT2D eigenvalue weighted by atomic mass is 10.2. The Morgan fingerprint density at radius 1 is 1.29 bits per heavy atom. The number of rotatable bonds is 4. The molecule has 24 heavy (non-hydrogen) atoms. The van der Waals surface area contributed by atoms with Crippen molar-refractivity contribution in [3.05, 3.63) is 45.2 Å². The second-order valence-corrected chi connectivity index (χ2v) is 7.34. The van der Waals surface area contributed by atoms with E-state index in [0.717, 1.165) is 12.8 Å². The van der Waals surface area contributed by atoms with Gasteiger partial charge in [0.1, 0.15) is 5.69 Å². The van der Waals surface area contributed by atoms with Gasteiger partial charge < -0.3 is 11.1 Å². The van der Waals surface area contributed by atoms with Crippen LogP contribution < -0.4 is 16.6 Å². The molecular weight excluding hydrogens is 348 g/mol. The summed E-state index contributed by atoms with van der Waals surface area (Å²) in [6.45, 7) is 0. The second kappa shape index (κ2) is 7.27. The molecule has 8 heteroatoms. The zero-order chi connectivity index (χ0) is 17.1. The molecule has 1 aromatic heterocycles. The van der Waals surface area contributed by atoms with E-state index in [1.807, 2.05) is 0 Å². The van der Waals surface area contributed by atoms with Gasteiger partial charge >= 0.3 is 0 Å². The van der Waals surface area contributed by atoms with Crippen molar-refractivity contribution in [3.8, 4) is 0 Å². The largest absolute Gasteiger partial charge is 0.382 e. The van der Waals surface area contributed by atoms with Crippen LogP contribution >= 0.6 is 23.4 Å². The number of benzene rings is 1. The lowest BCUT2D eigenvalue weighted by Gasteiger charge is -2.11. The normalized spacial score (nSPS) is 14.7. The Morgan fingerprint density at radius 3 is 2.58 bits per heavy atom. The number of halogens is 1. The van der Waals surface area contributed by atoms with Crippen molar-refractivity contribution >= 4 is 40.8 Å². The van der Waals surface area contributed by atoms with Gasteiger partial charge in [-0.3, -0.25) is 14.6 Å². The molecule has 2 aromatic rings. The first-order valence-corrected chi connectivity index (χ1v) is 8.92. The molecule has 3 rings (SSSR count). The zero-order valence-electron chi connectivity index (χ0n) is 12.8. The number of aromatic nitrogens is 2. The highest BCUT2D eigenvalue weighted by Gasteiger charge is 2.19. The van der Waals surface area contributed by atoms with E-state index >= 15 is 0 Å². The van der Waals surface area contributed by atoms with E-state index in [0.29, 0.717) is 21.0 Å². The highest BCUT2D eigenvalue weighted by molar-refractivity contribution is 7.99. The molecule has 1 aliphatic rings. The maximum atomic E-state index is 12.2. The minimum Gasteiger partial charge on any atom is -0.382 e. The summed E-state index contributed by atoms with van der Waals surface area (Å²) in [7, 11) is 0. The molecular formula is C16H17ClN4O2S. The van der Waals surface area contributed by atoms with E-state index in [2.05, 4.69) is 15.3 Å². The SMILES string of the molecule is Nc1nc(SC2CCCC2)[nH]c(=O)c1NC(=O)c1ccc(Cl)cc1. The second-order valence-electron chi connectivity index (χ2n) is 5.62. The Morgan fingerprint density at radius 2 is 1.96 bits per heavy atom. The predicted molar refractivity (Wildman–Crippen MR) is 96.8 cm³/mol. The number of amides is 1. The lowest BCUT2D eigenvalue weighted by molar-refractivity contribution is 0.102. The first-order chi connectivity index (χ1) is 11.5. The number of anilines is 2. The minimum absolute atomic E-state index is 0.0153. The fourth-order valence-electron chi connectivity index (χ4n) is 2.60. The third-order valence-corrected chi connectivity index (χ3v) is 5.32. The summed E-state index contributed by atoms with van der Waals surface area (Å²) >= 11 is 7.33. The van der Waals surface area contributed by atoms with Crippen LogP contribution in [0.5, 0.6) is 0 Å². The molecule has 0 aliphatic heterocycles. The van der Waals surface area contributed by atoms with Crippen LogP contribution in [0.1, 0.15) is 36.0 Å². The van der Waals surface area contributed by atoms with Crippen molar-refractivity contribution in [3.63, 3.8) is 0 Å². The van der Waals surface area contributed by atoms with E-state index < -0.39 is 11.5 Å². The summed E-state index contributed by atoms with van der Waals surface area (Å²) in [5.41, 5.74) is 5.75. The fraction of sp³-hybridized carbons (Fsp3) is 0.312. The summed E-state index contributed by atoms with van der Waals surface area (Å²) in [6.07, 6.45) is 4.63. The topological polar surface area (TPSA) is 101 Å². The lowest BCUT2D eigenvalue weighted by Crippen LogP contribution is -2.23. The summed E-state index contributed by atoms with van der Waals surface area (Å²) in [5.74, 6) is -0.427. The molecule has 1 aliphatic carbocycles. The number of aromatic amines is 1. The van der Waals surface area contributed by atoms with Gasteiger partial charge in [-0.25, -0.2) is 4.98 Å². The molecule has 1 heterocycles. The van der Waals surface area contributed by atoms with Gasteiger partial charge in [0.25, 0.3) is 11.5 Å². The minimum atomic E-state index is -0.453. The van der Waals surface area contributed by atoms with Gasteiger partial charge in [0.2, 0.25) is 0 Å². The van der Waals surface area contributed by atoms with Crippen LogP contribution in [-0.2, 0) is 0 Å². The van der Waals surface area contributed by atoms with Gasteiger partial charge in [-0.1, -0.05) is 36.2 Å². The van der Waals surface area contributed by atoms with E-state index in [-0.39, 0.29) is 11.5 Å². The number of carbonyl (C=O) groups is 1. The van der Waals surface area contributed by atoms with Crippen molar-refractivity contribution in [2.24, 2.45) is 0 Å². The Balaban J connectivity index is 1.76. The number of carbonyl (C=O) groups excluding carboxylic acids is 1. The molecule has 0 spiro atoms. The van der Waals surface area contributed by atoms with E-state index in [1.54, 1.807) is 24.3 Å². The van der Waals surface area contributed by atoms with Gasteiger partial charge in [-0.15, -0.1) is 0 Å². The van der Waals surface area contributed by atoms with Crippen molar-refractivity contribution in [1.82, 2.24) is 9.97 Å². The summed E-state index contributed by atoms with van der Waals surface area (Å²) in [4.78, 5) is 31.3. The van der Waals surface area contributed by atoms with Gasteiger partial charge in [0.05, 0.1) is 0 Å². The molecule has 0 unspecified atom stereocenters. The van der Waals surface area contributed by atoms with Crippen molar-refractivity contribution in [1.29, 1.82) is 0 Å². The highest BCUT2D eigenvalue weighted by atomic mass is 35.5. The number of thioether (sulfide) groups is 1. The van der Waals surface area contributed by atoms with E-state index in [4.69, 9.17) is 17.3 Å². The Labute approximate surface area is 148 Å². The van der Waals surface area contributed by atoms with Crippen LogP contribution in [0.3, 0.4) is 0 Å². The maximum absolute atomic E-state index is 12.2. The monoisotopic (exact) mass is 364 g/mol. The maximum Gasteiger partial charge on any atom is 0.277 e. The van der Waals surface area contributed by atoms with Crippen molar-refractivity contribution in [2.45, 2.75) is 36.1 Å². The van der Waals surface area contributed by atoms with Crippen molar-refractivity contribution < 1.29 is 4.79 Å². The average molecular weight is 365 g/mol. The molecule has 1 saturated carbocycles. The number of nitrogens with two attached hydrogens (primary N) is 1. The van der Waals surface area contributed by atoms with Crippen LogP contribution in [0, 0.1) is 0 Å². The van der Waals surface area contributed by atoms with Crippen LogP contribution in [0.2, 0.25) is 5.02 Å². The number of hydrogen-bond acceptors (Lipinski definition) is 5. The molecule has 0 bridgehead atoms. The number of nitrogens with zero attached hydrogens (tertiary/aromatic N) is 1. The molecule has 0 radical (unpaired) electrons. The standard InChI is InChI=1S/C16H17ClN4O2S/c17-10-7-5-9(6-8-10)14(22)19-12-13(18)20-16(21-15(12)23)24-11-3-1-2-4-11/h5-8,11H,1-4H2,(H,19,22)(H3,18,20,21,23). The smallest absolute Gasteiger partial charge is 0.277 e. The fourth-order valence-corrected chi connectivity index (χ4v) is 3.91. The third kappa shape index (κ3) is 3.91.